The molecule has 10 heteroatoms. The van der Waals surface area contributed by atoms with Crippen LogP contribution in [0.4, 0.5) is 0 Å². The van der Waals surface area contributed by atoms with Crippen molar-refractivity contribution in [2.24, 2.45) is 0 Å². The lowest BCUT2D eigenvalue weighted by Crippen LogP contribution is -2.04. The second-order valence-corrected chi connectivity index (χ2v) is 9.52. The van der Waals surface area contributed by atoms with E-state index < -0.39 is 15.2 Å². The lowest BCUT2D eigenvalue weighted by molar-refractivity contribution is 0.218. The van der Waals surface area contributed by atoms with Gasteiger partial charge in [0.2, 0.25) is 0 Å². The van der Waals surface area contributed by atoms with Gasteiger partial charge in [-0.2, -0.15) is 0 Å². The zero-order chi connectivity index (χ0) is 18.9. The molecule has 1 rings (SSSR count). The van der Waals surface area contributed by atoms with E-state index in [4.69, 9.17) is 29.7 Å². The van der Waals surface area contributed by atoms with Crippen molar-refractivity contribution < 1.29 is 27.2 Å². The predicted molar refractivity (Wildman–Crippen MR) is 98.4 cm³/mol. The van der Waals surface area contributed by atoms with Crippen molar-refractivity contribution in [2.45, 2.75) is 40.0 Å². The predicted octanol–water partition coefficient (Wildman–Crippen LogP) is 5.27. The Labute approximate surface area is 154 Å². The summed E-state index contributed by atoms with van der Waals surface area (Å²) in [5.74, 6) is 0. The number of hydrogen-bond acceptors (Lipinski definition) is 7. The number of pyridine rings is 1. The first-order chi connectivity index (χ1) is 11.8. The summed E-state index contributed by atoms with van der Waals surface area (Å²) in [5, 5.41) is 0.388. The van der Waals surface area contributed by atoms with Gasteiger partial charge in [-0.3, -0.25) is 14.1 Å². The van der Waals surface area contributed by atoms with Gasteiger partial charge in [-0.15, -0.1) is 0 Å². The Morgan fingerprint density at radius 2 is 1.12 bits per heavy atom. The van der Waals surface area contributed by atoms with Crippen LogP contribution in [0.15, 0.2) is 12.1 Å². The van der Waals surface area contributed by atoms with Crippen molar-refractivity contribution in [2.75, 3.05) is 26.4 Å². The highest BCUT2D eigenvalue weighted by Gasteiger charge is 2.28. The monoisotopic (exact) mass is 413 g/mol. The third-order valence-corrected chi connectivity index (χ3v) is 7.16. The van der Waals surface area contributed by atoms with E-state index in [9.17, 15) is 9.13 Å². The number of rotatable bonds is 12. The van der Waals surface area contributed by atoms with Crippen molar-refractivity contribution in [1.29, 1.82) is 0 Å². The van der Waals surface area contributed by atoms with Gasteiger partial charge in [-0.1, -0.05) is 11.6 Å². The van der Waals surface area contributed by atoms with Crippen molar-refractivity contribution in [3.8, 4) is 0 Å². The molecule has 1 aromatic rings. The van der Waals surface area contributed by atoms with Gasteiger partial charge in [0.1, 0.15) is 0 Å². The second-order valence-electron chi connectivity index (χ2n) is 4.98. The van der Waals surface area contributed by atoms with Crippen LogP contribution in [-0.4, -0.2) is 31.4 Å². The summed E-state index contributed by atoms with van der Waals surface area (Å²) in [7, 11) is -6.62. The normalized spacial score (nSPS) is 12.5. The van der Waals surface area contributed by atoms with Crippen LogP contribution in [0.1, 0.15) is 39.1 Å². The Morgan fingerprint density at radius 3 is 1.40 bits per heavy atom. The molecule has 0 unspecified atom stereocenters. The third kappa shape index (κ3) is 7.88. The third-order valence-electron chi connectivity index (χ3n) is 2.91. The molecule has 0 radical (unpaired) electrons. The minimum atomic E-state index is -3.31. The Kier molecular flexibility index (Phi) is 9.83. The van der Waals surface area contributed by atoms with Gasteiger partial charge >= 0.3 is 15.2 Å². The molecule has 25 heavy (non-hydrogen) atoms. The second kappa shape index (κ2) is 10.8. The van der Waals surface area contributed by atoms with Crippen LogP contribution in [0.5, 0.6) is 0 Å². The molecular weight excluding hydrogens is 388 g/mol. The molecule has 0 amide bonds. The molecule has 0 bridgehead atoms. The van der Waals surface area contributed by atoms with Crippen molar-refractivity contribution in [3.05, 3.63) is 28.5 Å². The van der Waals surface area contributed by atoms with Gasteiger partial charge < -0.3 is 18.1 Å². The van der Waals surface area contributed by atoms with E-state index >= 15 is 0 Å². The molecule has 0 fully saturated rings. The molecule has 0 aliphatic heterocycles. The fourth-order valence-electron chi connectivity index (χ4n) is 2.21. The van der Waals surface area contributed by atoms with Crippen LogP contribution in [0.25, 0.3) is 0 Å². The minimum Gasteiger partial charge on any atom is -0.309 e. The standard InChI is InChI=1S/C15H26ClNO6P2/c1-5-20-24(18,21-6-2)11-14-9-13(16)10-15(17-14)12-25(19,22-7-3)23-8-4/h9-10H,5-8,11-12H2,1-4H3. The van der Waals surface area contributed by atoms with Crippen LogP contribution in [-0.2, 0) is 39.5 Å². The Balaban J connectivity index is 3.06. The Morgan fingerprint density at radius 1 is 0.800 bits per heavy atom. The minimum absolute atomic E-state index is 0.0180. The molecule has 0 aliphatic rings. The molecule has 0 spiro atoms. The molecule has 0 saturated heterocycles. The summed E-state index contributed by atoms with van der Waals surface area (Å²) in [6.07, 6.45) is -0.0361. The number of nitrogens with zero attached hydrogens (tertiary/aromatic N) is 1. The highest BCUT2D eigenvalue weighted by molar-refractivity contribution is 7.53. The Bertz CT molecular complexity index is 572. The van der Waals surface area contributed by atoms with Crippen LogP contribution in [0.3, 0.4) is 0 Å². The maximum Gasteiger partial charge on any atom is 0.336 e. The van der Waals surface area contributed by atoms with Crippen LogP contribution < -0.4 is 0 Å². The Hall–Kier alpha value is -0.260. The zero-order valence-corrected chi connectivity index (χ0v) is 17.6. The fourth-order valence-corrected chi connectivity index (χ4v) is 5.67. The number of aromatic nitrogens is 1. The van der Waals surface area contributed by atoms with Gasteiger partial charge in [0, 0.05) is 5.02 Å². The molecule has 1 heterocycles. The van der Waals surface area contributed by atoms with E-state index in [-0.39, 0.29) is 38.8 Å². The maximum absolute atomic E-state index is 12.7. The molecule has 0 aliphatic carbocycles. The van der Waals surface area contributed by atoms with E-state index in [0.29, 0.717) is 16.4 Å². The molecule has 7 nitrogen and oxygen atoms in total. The topological polar surface area (TPSA) is 84.0 Å². The van der Waals surface area contributed by atoms with E-state index in [1.807, 2.05) is 0 Å². The van der Waals surface area contributed by atoms with E-state index in [1.165, 1.54) is 0 Å². The van der Waals surface area contributed by atoms with Crippen molar-refractivity contribution in [3.63, 3.8) is 0 Å². The molecule has 0 saturated carbocycles. The highest BCUT2D eigenvalue weighted by atomic mass is 35.5. The summed E-state index contributed by atoms with van der Waals surface area (Å²) in [4.78, 5) is 4.38. The average Bonchev–Trinajstić information content (AvgIpc) is 2.46. The van der Waals surface area contributed by atoms with E-state index in [0.717, 1.165) is 0 Å². The molecule has 0 aromatic carbocycles. The first-order valence-corrected chi connectivity index (χ1v) is 12.0. The van der Waals surface area contributed by atoms with E-state index in [2.05, 4.69) is 4.98 Å². The number of halogens is 1. The quantitative estimate of drug-likeness (QED) is 0.432. The van der Waals surface area contributed by atoms with Crippen LogP contribution in [0.2, 0.25) is 5.02 Å². The molecule has 144 valence electrons. The summed E-state index contributed by atoms with van der Waals surface area (Å²) < 4.78 is 46.4. The number of hydrogen-bond donors (Lipinski definition) is 0. The van der Waals surface area contributed by atoms with Crippen molar-refractivity contribution >= 4 is 26.8 Å². The maximum atomic E-state index is 12.7. The lowest BCUT2D eigenvalue weighted by Gasteiger charge is -2.18. The van der Waals surface area contributed by atoms with Crippen LogP contribution >= 0.6 is 26.8 Å². The lowest BCUT2D eigenvalue weighted by atomic mass is 10.3. The SMILES string of the molecule is CCOP(=O)(Cc1cc(Cl)cc(CP(=O)(OCC)OCC)n1)OCC. The van der Waals surface area contributed by atoms with E-state index in [1.54, 1.807) is 39.8 Å². The smallest absolute Gasteiger partial charge is 0.309 e. The van der Waals surface area contributed by atoms with Gasteiger partial charge in [0.15, 0.2) is 0 Å². The van der Waals surface area contributed by atoms with Gasteiger partial charge in [0.05, 0.1) is 50.1 Å². The first-order valence-electron chi connectivity index (χ1n) is 8.21. The van der Waals surface area contributed by atoms with Crippen LogP contribution in [0, 0.1) is 0 Å². The van der Waals surface area contributed by atoms with Gasteiger partial charge in [-0.25, -0.2) is 0 Å². The average molecular weight is 414 g/mol. The molecule has 1 aromatic heterocycles. The summed E-state index contributed by atoms with van der Waals surface area (Å²) in [6.45, 7) is 7.99. The van der Waals surface area contributed by atoms with Crippen molar-refractivity contribution in [1.82, 2.24) is 4.98 Å². The first kappa shape index (κ1) is 22.8. The fraction of sp³-hybridized carbons (Fsp3) is 0.667. The molecule has 0 atom stereocenters. The summed E-state index contributed by atoms with van der Waals surface area (Å²) in [6, 6.07) is 3.17. The zero-order valence-electron chi connectivity index (χ0n) is 15.1. The highest BCUT2D eigenvalue weighted by Crippen LogP contribution is 2.53. The van der Waals surface area contributed by atoms with Gasteiger partial charge in [-0.05, 0) is 39.8 Å². The summed E-state index contributed by atoms with van der Waals surface area (Å²) in [5.41, 5.74) is 0.875. The molecule has 0 N–H and O–H groups in total. The molecular formula is C15H26ClNO6P2. The van der Waals surface area contributed by atoms with Gasteiger partial charge in [0.25, 0.3) is 0 Å². The largest absolute Gasteiger partial charge is 0.336 e. The summed E-state index contributed by atoms with van der Waals surface area (Å²) >= 11 is 6.13.